The molecule has 2 aromatic carbocycles. The molecule has 0 unspecified atom stereocenters. The number of nitrogens with one attached hydrogen (secondary N) is 1. The van der Waals surface area contributed by atoms with Crippen molar-refractivity contribution in [2.45, 2.75) is 0 Å². The average Bonchev–Trinajstić information content (AvgIpc) is 2.97. The molecule has 1 heterocycles. The molecule has 0 atom stereocenters. The topological polar surface area (TPSA) is 88.1 Å². The summed E-state index contributed by atoms with van der Waals surface area (Å²) in [6.07, 6.45) is 0. The van der Waals surface area contributed by atoms with Gasteiger partial charge in [-0.05, 0) is 24.3 Å². The van der Waals surface area contributed by atoms with E-state index in [1.807, 2.05) is 18.2 Å². The number of hydrogen-bond acceptors (Lipinski definition) is 6. The summed E-state index contributed by atoms with van der Waals surface area (Å²) in [6, 6.07) is 18.2. The van der Waals surface area contributed by atoms with Gasteiger partial charge in [-0.2, -0.15) is 5.26 Å². The first kappa shape index (κ1) is 16.6. The van der Waals surface area contributed by atoms with E-state index in [9.17, 15) is 10.1 Å². The van der Waals surface area contributed by atoms with E-state index in [4.69, 9.17) is 10.5 Å². The molecule has 3 rings (SSSR count). The average molecular weight is 349 g/mol. The molecule has 0 aliphatic rings. The van der Waals surface area contributed by atoms with Gasteiger partial charge >= 0.3 is 0 Å². The Hall–Kier alpha value is -3.30. The lowest BCUT2D eigenvalue weighted by atomic mass is 10.1. The van der Waals surface area contributed by atoms with Crippen LogP contribution in [0.5, 0.6) is 5.75 Å². The van der Waals surface area contributed by atoms with E-state index in [1.165, 1.54) is 11.3 Å². The highest BCUT2D eigenvalue weighted by Gasteiger charge is 2.22. The number of nitrogens with zero attached hydrogens (tertiary/aromatic N) is 1. The molecule has 0 saturated carbocycles. The number of ether oxygens (including phenoxy) is 1. The molecule has 3 aromatic rings. The lowest BCUT2D eigenvalue weighted by molar-refractivity contribution is 0.104. The summed E-state index contributed by atoms with van der Waals surface area (Å²) < 4.78 is 5.13. The van der Waals surface area contributed by atoms with Gasteiger partial charge in [0, 0.05) is 11.3 Å². The number of nitriles is 1. The van der Waals surface area contributed by atoms with Crippen molar-refractivity contribution in [1.29, 1.82) is 5.26 Å². The fourth-order valence-corrected chi connectivity index (χ4v) is 3.39. The van der Waals surface area contributed by atoms with Crippen molar-refractivity contribution in [2.75, 3.05) is 18.2 Å². The fourth-order valence-electron chi connectivity index (χ4n) is 2.34. The smallest absolute Gasteiger partial charge is 0.205 e. The molecule has 0 aliphatic carbocycles. The third-order valence-electron chi connectivity index (χ3n) is 3.65. The SMILES string of the molecule is COc1ccc(Nc2sc(C(=O)c3ccccc3)c(N)c2C#N)cc1. The number of ketones is 1. The number of carbonyl (C=O) groups is 1. The number of nitrogens with two attached hydrogens (primary N) is 1. The van der Waals surface area contributed by atoms with Crippen LogP contribution in [0.15, 0.2) is 54.6 Å². The molecule has 0 radical (unpaired) electrons. The van der Waals surface area contributed by atoms with Crippen LogP contribution in [0.3, 0.4) is 0 Å². The van der Waals surface area contributed by atoms with Crippen LogP contribution >= 0.6 is 11.3 Å². The largest absolute Gasteiger partial charge is 0.497 e. The number of carbonyl (C=O) groups excluding carboxylic acids is 1. The Morgan fingerprint density at radius 3 is 2.44 bits per heavy atom. The van der Waals surface area contributed by atoms with Crippen LogP contribution < -0.4 is 15.8 Å². The Morgan fingerprint density at radius 2 is 1.84 bits per heavy atom. The lowest BCUT2D eigenvalue weighted by Gasteiger charge is -2.05. The highest BCUT2D eigenvalue weighted by atomic mass is 32.1. The summed E-state index contributed by atoms with van der Waals surface area (Å²) in [5, 5.41) is 13.1. The fraction of sp³-hybridized carbons (Fsp3) is 0.0526. The lowest BCUT2D eigenvalue weighted by Crippen LogP contribution is -2.02. The van der Waals surface area contributed by atoms with Gasteiger partial charge in [0.15, 0.2) is 0 Å². The Bertz CT molecular complexity index is 941. The van der Waals surface area contributed by atoms with Crippen LogP contribution in [-0.2, 0) is 0 Å². The van der Waals surface area contributed by atoms with Crippen molar-refractivity contribution >= 4 is 33.5 Å². The molecular formula is C19H15N3O2S. The van der Waals surface area contributed by atoms with Crippen molar-refractivity contribution in [3.8, 4) is 11.8 Å². The number of nitrogen functional groups attached to an aromatic ring is 1. The molecule has 1 aromatic heterocycles. The molecule has 3 N–H and O–H groups in total. The standard InChI is InChI=1S/C19H15N3O2S/c1-24-14-9-7-13(8-10-14)22-19-15(11-20)16(21)18(25-19)17(23)12-5-3-2-4-6-12/h2-10,22H,21H2,1H3. The van der Waals surface area contributed by atoms with E-state index in [2.05, 4.69) is 11.4 Å². The van der Waals surface area contributed by atoms with Crippen molar-refractivity contribution in [3.05, 3.63) is 70.6 Å². The van der Waals surface area contributed by atoms with Crippen LogP contribution in [0.1, 0.15) is 20.8 Å². The third-order valence-corrected chi connectivity index (χ3v) is 4.77. The van der Waals surface area contributed by atoms with E-state index < -0.39 is 0 Å². The number of thiophene rings is 1. The maximum absolute atomic E-state index is 12.7. The number of anilines is 3. The summed E-state index contributed by atoms with van der Waals surface area (Å²) in [5.41, 5.74) is 7.86. The molecule has 0 amide bonds. The first-order chi connectivity index (χ1) is 12.1. The van der Waals surface area contributed by atoms with Gasteiger partial charge in [0.2, 0.25) is 5.78 Å². The van der Waals surface area contributed by atoms with E-state index in [-0.39, 0.29) is 17.0 Å². The molecule has 6 heteroatoms. The van der Waals surface area contributed by atoms with Gasteiger partial charge in [0.1, 0.15) is 27.3 Å². The molecule has 0 spiro atoms. The first-order valence-electron chi connectivity index (χ1n) is 7.47. The van der Waals surface area contributed by atoms with Crippen LogP contribution in [0, 0.1) is 11.3 Å². The summed E-state index contributed by atoms with van der Waals surface area (Å²) in [5.74, 6) is 0.541. The summed E-state index contributed by atoms with van der Waals surface area (Å²) in [6.45, 7) is 0. The van der Waals surface area contributed by atoms with Crippen LogP contribution in [0.4, 0.5) is 16.4 Å². The maximum Gasteiger partial charge on any atom is 0.205 e. The van der Waals surface area contributed by atoms with Gasteiger partial charge in [0.05, 0.1) is 12.8 Å². The normalized spacial score (nSPS) is 10.1. The Balaban J connectivity index is 1.95. The summed E-state index contributed by atoms with van der Waals surface area (Å²) >= 11 is 1.18. The summed E-state index contributed by atoms with van der Waals surface area (Å²) in [4.78, 5) is 13.0. The van der Waals surface area contributed by atoms with Crippen molar-refractivity contribution in [3.63, 3.8) is 0 Å². The Labute approximate surface area is 149 Å². The van der Waals surface area contributed by atoms with Gasteiger partial charge in [-0.15, -0.1) is 11.3 Å². The van der Waals surface area contributed by atoms with E-state index in [0.29, 0.717) is 15.4 Å². The second kappa shape index (κ2) is 7.07. The minimum atomic E-state index is -0.192. The predicted molar refractivity (Wildman–Crippen MR) is 99.6 cm³/mol. The highest BCUT2D eigenvalue weighted by Crippen LogP contribution is 2.38. The van der Waals surface area contributed by atoms with Gasteiger partial charge < -0.3 is 15.8 Å². The monoisotopic (exact) mass is 349 g/mol. The van der Waals surface area contributed by atoms with Crippen LogP contribution in [0.25, 0.3) is 0 Å². The molecule has 0 bridgehead atoms. The molecule has 0 saturated heterocycles. The van der Waals surface area contributed by atoms with Crippen molar-refractivity contribution in [1.82, 2.24) is 0 Å². The van der Waals surface area contributed by atoms with E-state index in [1.54, 1.807) is 43.5 Å². The van der Waals surface area contributed by atoms with Gasteiger partial charge in [-0.3, -0.25) is 4.79 Å². The summed E-state index contributed by atoms with van der Waals surface area (Å²) in [7, 11) is 1.59. The molecule has 124 valence electrons. The second-order valence-electron chi connectivity index (χ2n) is 5.21. The highest BCUT2D eigenvalue weighted by molar-refractivity contribution is 7.19. The first-order valence-corrected chi connectivity index (χ1v) is 8.29. The number of benzene rings is 2. The van der Waals surface area contributed by atoms with Crippen LogP contribution in [0.2, 0.25) is 0 Å². The van der Waals surface area contributed by atoms with Crippen LogP contribution in [-0.4, -0.2) is 12.9 Å². The molecule has 0 aliphatic heterocycles. The minimum Gasteiger partial charge on any atom is -0.497 e. The number of hydrogen-bond donors (Lipinski definition) is 2. The zero-order chi connectivity index (χ0) is 17.8. The zero-order valence-electron chi connectivity index (χ0n) is 13.4. The Kier molecular flexibility index (Phi) is 4.68. The van der Waals surface area contributed by atoms with Crippen molar-refractivity contribution in [2.24, 2.45) is 0 Å². The minimum absolute atomic E-state index is 0.192. The van der Waals surface area contributed by atoms with E-state index in [0.717, 1.165) is 11.4 Å². The van der Waals surface area contributed by atoms with Crippen molar-refractivity contribution < 1.29 is 9.53 Å². The van der Waals surface area contributed by atoms with Gasteiger partial charge in [-0.25, -0.2) is 0 Å². The Morgan fingerprint density at radius 1 is 1.16 bits per heavy atom. The van der Waals surface area contributed by atoms with E-state index >= 15 is 0 Å². The third kappa shape index (κ3) is 3.32. The molecular weight excluding hydrogens is 334 g/mol. The molecule has 25 heavy (non-hydrogen) atoms. The predicted octanol–water partition coefficient (Wildman–Crippen LogP) is 4.19. The van der Waals surface area contributed by atoms with Gasteiger partial charge in [0.25, 0.3) is 0 Å². The maximum atomic E-state index is 12.7. The number of methoxy groups -OCH3 is 1. The zero-order valence-corrected chi connectivity index (χ0v) is 14.3. The molecule has 0 fully saturated rings. The molecule has 5 nitrogen and oxygen atoms in total. The number of rotatable bonds is 5. The second-order valence-corrected chi connectivity index (χ2v) is 6.23. The quantitative estimate of drug-likeness (QED) is 0.675. The van der Waals surface area contributed by atoms with Gasteiger partial charge in [-0.1, -0.05) is 30.3 Å².